The second kappa shape index (κ2) is 12.6. The molecule has 0 saturated carbocycles. The standard InChI is InChI=1S/C21H36N4O4/c1-4-6-8-18(5-2)21(27)25(10-7-9-24-11-13-28-14-12-24)16-20(26)22-19-15-17(3)29-23-19/h15,18H,4-14,16H2,1-3H3,(H,22,23,26). The van der Waals surface area contributed by atoms with Crippen LogP contribution in [0.4, 0.5) is 5.82 Å². The molecule has 1 atom stereocenters. The number of unbranched alkanes of at least 4 members (excludes halogenated alkanes) is 1. The van der Waals surface area contributed by atoms with Gasteiger partial charge in [0.15, 0.2) is 5.82 Å². The summed E-state index contributed by atoms with van der Waals surface area (Å²) in [5.41, 5.74) is 0. The lowest BCUT2D eigenvalue weighted by atomic mass is 9.97. The molecular weight excluding hydrogens is 372 g/mol. The Labute approximate surface area is 173 Å². The third-order valence-electron chi connectivity index (χ3n) is 5.30. The lowest BCUT2D eigenvalue weighted by Crippen LogP contribution is -2.43. The Hall–Kier alpha value is -1.93. The van der Waals surface area contributed by atoms with E-state index in [0.29, 0.717) is 18.1 Å². The average molecular weight is 409 g/mol. The van der Waals surface area contributed by atoms with E-state index >= 15 is 0 Å². The molecule has 1 fully saturated rings. The minimum absolute atomic E-state index is 0.0274. The van der Waals surface area contributed by atoms with E-state index in [0.717, 1.165) is 65.0 Å². The summed E-state index contributed by atoms with van der Waals surface area (Å²) in [6, 6.07) is 1.67. The van der Waals surface area contributed by atoms with Crippen molar-refractivity contribution in [1.29, 1.82) is 0 Å². The molecule has 1 aromatic rings. The van der Waals surface area contributed by atoms with Gasteiger partial charge in [-0.15, -0.1) is 0 Å². The van der Waals surface area contributed by atoms with Gasteiger partial charge in [-0.2, -0.15) is 0 Å². The number of nitrogens with zero attached hydrogens (tertiary/aromatic N) is 3. The lowest BCUT2D eigenvalue weighted by molar-refractivity contribution is -0.138. The zero-order chi connectivity index (χ0) is 21.1. The molecule has 1 aromatic heterocycles. The molecule has 0 spiro atoms. The number of nitrogens with one attached hydrogen (secondary N) is 1. The van der Waals surface area contributed by atoms with Gasteiger partial charge in [-0.3, -0.25) is 14.5 Å². The van der Waals surface area contributed by atoms with Crippen molar-refractivity contribution in [2.75, 3.05) is 51.3 Å². The maximum atomic E-state index is 13.1. The van der Waals surface area contributed by atoms with Gasteiger partial charge in [0, 0.05) is 38.2 Å². The van der Waals surface area contributed by atoms with Crippen molar-refractivity contribution in [3.8, 4) is 0 Å². The number of carbonyl (C=O) groups excluding carboxylic acids is 2. The first-order valence-corrected chi connectivity index (χ1v) is 10.9. The molecule has 1 N–H and O–H groups in total. The van der Waals surface area contributed by atoms with Crippen molar-refractivity contribution in [2.45, 2.75) is 52.9 Å². The van der Waals surface area contributed by atoms with Crippen LogP contribution in [0.2, 0.25) is 0 Å². The quantitative estimate of drug-likeness (QED) is 0.572. The van der Waals surface area contributed by atoms with Gasteiger partial charge in [0.05, 0.1) is 19.8 Å². The van der Waals surface area contributed by atoms with Crippen molar-refractivity contribution >= 4 is 17.6 Å². The van der Waals surface area contributed by atoms with Crippen LogP contribution in [0.1, 0.15) is 51.7 Å². The highest BCUT2D eigenvalue weighted by Crippen LogP contribution is 2.17. The Morgan fingerprint density at radius 3 is 2.66 bits per heavy atom. The third-order valence-corrected chi connectivity index (χ3v) is 5.30. The van der Waals surface area contributed by atoms with Gasteiger partial charge in [-0.05, 0) is 26.2 Å². The molecule has 1 saturated heterocycles. The van der Waals surface area contributed by atoms with E-state index in [9.17, 15) is 9.59 Å². The Morgan fingerprint density at radius 2 is 2.03 bits per heavy atom. The molecule has 2 heterocycles. The van der Waals surface area contributed by atoms with E-state index in [1.165, 1.54) is 0 Å². The first kappa shape index (κ1) is 23.3. The van der Waals surface area contributed by atoms with Crippen LogP contribution in [-0.2, 0) is 14.3 Å². The minimum atomic E-state index is -0.247. The number of rotatable bonds is 12. The third kappa shape index (κ3) is 8.14. The van der Waals surface area contributed by atoms with Crippen LogP contribution in [0.25, 0.3) is 0 Å². The summed E-state index contributed by atoms with van der Waals surface area (Å²) in [6.07, 6.45) is 4.59. The van der Waals surface area contributed by atoms with Crippen LogP contribution >= 0.6 is 0 Å². The smallest absolute Gasteiger partial charge is 0.245 e. The zero-order valence-corrected chi connectivity index (χ0v) is 18.1. The van der Waals surface area contributed by atoms with Crippen molar-refractivity contribution in [2.24, 2.45) is 5.92 Å². The van der Waals surface area contributed by atoms with E-state index in [4.69, 9.17) is 9.26 Å². The van der Waals surface area contributed by atoms with Crippen LogP contribution in [0.3, 0.4) is 0 Å². The number of aromatic nitrogens is 1. The first-order chi connectivity index (χ1) is 14.0. The van der Waals surface area contributed by atoms with Gasteiger partial charge in [-0.1, -0.05) is 31.8 Å². The second-order valence-electron chi connectivity index (χ2n) is 7.69. The molecule has 29 heavy (non-hydrogen) atoms. The number of carbonyl (C=O) groups is 2. The Kier molecular flexibility index (Phi) is 10.1. The van der Waals surface area contributed by atoms with Crippen molar-refractivity contribution < 1.29 is 18.8 Å². The fraction of sp³-hybridized carbons (Fsp3) is 0.762. The highest BCUT2D eigenvalue weighted by atomic mass is 16.5. The maximum Gasteiger partial charge on any atom is 0.245 e. The number of hydrogen-bond acceptors (Lipinski definition) is 6. The first-order valence-electron chi connectivity index (χ1n) is 10.9. The molecule has 0 aliphatic carbocycles. The van der Waals surface area contributed by atoms with Crippen molar-refractivity contribution in [3.05, 3.63) is 11.8 Å². The summed E-state index contributed by atoms with van der Waals surface area (Å²) < 4.78 is 10.4. The summed E-state index contributed by atoms with van der Waals surface area (Å²) in [5, 5.41) is 6.52. The molecule has 164 valence electrons. The van der Waals surface area contributed by atoms with Gasteiger partial charge in [0.1, 0.15) is 5.76 Å². The van der Waals surface area contributed by atoms with Crippen molar-refractivity contribution in [1.82, 2.24) is 15.0 Å². The molecule has 2 rings (SSSR count). The molecule has 0 radical (unpaired) electrons. The number of aryl methyl sites for hydroxylation is 1. The number of morpholine rings is 1. The van der Waals surface area contributed by atoms with Gasteiger partial charge < -0.3 is 19.5 Å². The van der Waals surface area contributed by atoms with E-state index in [1.807, 2.05) is 6.92 Å². The predicted molar refractivity (Wildman–Crippen MR) is 112 cm³/mol. The Morgan fingerprint density at radius 1 is 1.28 bits per heavy atom. The van der Waals surface area contributed by atoms with Gasteiger partial charge in [0.2, 0.25) is 11.8 Å². The summed E-state index contributed by atoms with van der Waals surface area (Å²) >= 11 is 0. The topological polar surface area (TPSA) is 87.9 Å². The molecule has 1 aliphatic heterocycles. The molecular formula is C21H36N4O4. The number of anilines is 1. The zero-order valence-electron chi connectivity index (χ0n) is 18.1. The molecule has 1 unspecified atom stereocenters. The summed E-state index contributed by atoms with van der Waals surface area (Å²) in [4.78, 5) is 29.7. The van der Waals surface area contributed by atoms with Gasteiger partial charge in [0.25, 0.3) is 0 Å². The Balaban J connectivity index is 1.94. The fourth-order valence-corrected chi connectivity index (χ4v) is 3.57. The van der Waals surface area contributed by atoms with Crippen LogP contribution in [-0.4, -0.2) is 72.7 Å². The number of amides is 2. The summed E-state index contributed by atoms with van der Waals surface area (Å²) in [7, 11) is 0. The van der Waals surface area contributed by atoms with Crippen LogP contribution in [0.5, 0.6) is 0 Å². The Bertz CT molecular complexity index is 628. The predicted octanol–water partition coefficient (Wildman–Crippen LogP) is 2.69. The molecule has 0 bridgehead atoms. The lowest BCUT2D eigenvalue weighted by Gasteiger charge is -2.29. The SMILES string of the molecule is CCCCC(CC)C(=O)N(CCCN1CCOCC1)CC(=O)Nc1cc(C)on1. The van der Waals surface area contributed by atoms with E-state index in [-0.39, 0.29) is 24.3 Å². The molecule has 2 amide bonds. The van der Waals surface area contributed by atoms with Gasteiger partial charge in [-0.25, -0.2) is 0 Å². The monoisotopic (exact) mass is 408 g/mol. The fourth-order valence-electron chi connectivity index (χ4n) is 3.57. The maximum absolute atomic E-state index is 13.1. The minimum Gasteiger partial charge on any atom is -0.379 e. The number of hydrogen-bond donors (Lipinski definition) is 1. The highest BCUT2D eigenvalue weighted by Gasteiger charge is 2.25. The van der Waals surface area contributed by atoms with Crippen LogP contribution < -0.4 is 5.32 Å². The molecule has 8 heteroatoms. The summed E-state index contributed by atoms with van der Waals surface area (Å²) in [6.45, 7) is 10.8. The van der Waals surface area contributed by atoms with Crippen LogP contribution in [0, 0.1) is 12.8 Å². The van der Waals surface area contributed by atoms with E-state index in [1.54, 1.807) is 17.9 Å². The average Bonchev–Trinajstić information content (AvgIpc) is 3.12. The highest BCUT2D eigenvalue weighted by molar-refractivity contribution is 5.94. The normalized spacial score (nSPS) is 15.8. The molecule has 0 aromatic carbocycles. The second-order valence-corrected chi connectivity index (χ2v) is 7.69. The molecule has 1 aliphatic rings. The largest absolute Gasteiger partial charge is 0.379 e. The van der Waals surface area contributed by atoms with Gasteiger partial charge >= 0.3 is 0 Å². The summed E-state index contributed by atoms with van der Waals surface area (Å²) in [5.74, 6) is 0.814. The van der Waals surface area contributed by atoms with E-state index < -0.39 is 0 Å². The van der Waals surface area contributed by atoms with E-state index in [2.05, 4.69) is 22.3 Å². The number of ether oxygens (including phenoxy) is 1. The molecule has 8 nitrogen and oxygen atoms in total. The van der Waals surface area contributed by atoms with Crippen LogP contribution in [0.15, 0.2) is 10.6 Å². The van der Waals surface area contributed by atoms with Crippen molar-refractivity contribution in [3.63, 3.8) is 0 Å².